The highest BCUT2D eigenvalue weighted by atomic mass is 14.3. The molecule has 20 heavy (non-hydrogen) atoms. The summed E-state index contributed by atoms with van der Waals surface area (Å²) in [6, 6.07) is 9.17. The van der Waals surface area contributed by atoms with Crippen molar-refractivity contribution in [1.29, 1.82) is 0 Å². The Kier molecular flexibility index (Phi) is 4.60. The fourth-order valence-corrected chi connectivity index (χ4v) is 4.17. The lowest BCUT2D eigenvalue weighted by Crippen LogP contribution is -2.23. The van der Waals surface area contributed by atoms with Crippen molar-refractivity contribution in [3.05, 3.63) is 47.5 Å². The van der Waals surface area contributed by atoms with Gasteiger partial charge >= 0.3 is 0 Å². The van der Waals surface area contributed by atoms with Crippen LogP contribution in [-0.2, 0) is 6.42 Å². The van der Waals surface area contributed by atoms with Crippen LogP contribution in [0, 0.1) is 24.7 Å². The minimum absolute atomic E-state index is 0.938. The first-order chi connectivity index (χ1) is 9.81. The molecule has 1 fully saturated rings. The molecule has 0 aromatic heterocycles. The highest BCUT2D eigenvalue weighted by Crippen LogP contribution is 2.39. The normalized spacial score (nSPS) is 30.4. The average Bonchev–Trinajstić information content (AvgIpc) is 2.51. The van der Waals surface area contributed by atoms with E-state index < -0.39 is 0 Å². The van der Waals surface area contributed by atoms with Crippen molar-refractivity contribution in [2.75, 3.05) is 0 Å². The molecule has 0 amide bonds. The van der Waals surface area contributed by atoms with E-state index in [4.69, 9.17) is 0 Å². The van der Waals surface area contributed by atoms with E-state index in [1.807, 2.05) is 0 Å². The summed E-state index contributed by atoms with van der Waals surface area (Å²) in [5.41, 5.74) is 2.92. The molecule has 1 aromatic carbocycles. The second-order valence-corrected chi connectivity index (χ2v) is 7.02. The largest absolute Gasteiger partial charge is 0.0885 e. The predicted octanol–water partition coefficient (Wildman–Crippen LogP) is 5.70. The lowest BCUT2D eigenvalue weighted by Gasteiger charge is -2.34. The summed E-state index contributed by atoms with van der Waals surface area (Å²) in [6.45, 7) is 2.17. The molecule has 0 heteroatoms. The van der Waals surface area contributed by atoms with Crippen LogP contribution in [0.25, 0.3) is 0 Å². The summed E-state index contributed by atoms with van der Waals surface area (Å²) >= 11 is 0. The first-order valence-electron chi connectivity index (χ1n) is 8.52. The van der Waals surface area contributed by atoms with E-state index in [0.29, 0.717) is 0 Å². The van der Waals surface area contributed by atoms with Gasteiger partial charge < -0.3 is 0 Å². The molecule has 108 valence electrons. The third kappa shape index (κ3) is 3.53. The first-order valence-corrected chi connectivity index (χ1v) is 8.52. The van der Waals surface area contributed by atoms with Crippen LogP contribution in [0.4, 0.5) is 0 Å². The van der Waals surface area contributed by atoms with Crippen molar-refractivity contribution in [2.45, 2.75) is 58.3 Å². The Balaban J connectivity index is 1.48. The third-order valence-electron chi connectivity index (χ3n) is 5.51. The van der Waals surface area contributed by atoms with Gasteiger partial charge in [0.25, 0.3) is 0 Å². The van der Waals surface area contributed by atoms with Crippen LogP contribution in [-0.4, -0.2) is 0 Å². The minimum Gasteiger partial charge on any atom is -0.0885 e. The number of allylic oxidation sites excluding steroid dienone is 2. The van der Waals surface area contributed by atoms with Crippen LogP contribution in [0.15, 0.2) is 36.4 Å². The van der Waals surface area contributed by atoms with Crippen molar-refractivity contribution in [3.8, 4) is 0 Å². The monoisotopic (exact) mass is 268 g/mol. The molecule has 0 N–H and O–H groups in total. The standard InChI is InChI=1S/C20H28/c1-16-7-9-17(10-8-16)15-18-11-13-20(14-12-18)19-5-3-2-4-6-19/h2-3,7-10,18-20H,4-6,11-15H2,1H3. The molecule has 1 unspecified atom stereocenters. The van der Waals surface area contributed by atoms with Gasteiger partial charge in [0.15, 0.2) is 0 Å². The van der Waals surface area contributed by atoms with Gasteiger partial charge in [-0.25, -0.2) is 0 Å². The lowest BCUT2D eigenvalue weighted by atomic mass is 9.71. The topological polar surface area (TPSA) is 0 Å². The number of benzene rings is 1. The van der Waals surface area contributed by atoms with Crippen LogP contribution in [0.1, 0.15) is 56.1 Å². The molecule has 1 saturated carbocycles. The Hall–Kier alpha value is -1.04. The SMILES string of the molecule is Cc1ccc(CC2CCC(C3CC=CCC3)CC2)cc1. The van der Waals surface area contributed by atoms with Gasteiger partial charge in [-0.2, -0.15) is 0 Å². The molecule has 3 rings (SSSR count). The fourth-order valence-electron chi connectivity index (χ4n) is 4.17. The maximum absolute atomic E-state index is 2.42. The van der Waals surface area contributed by atoms with E-state index >= 15 is 0 Å². The molecule has 1 atom stereocenters. The first kappa shape index (κ1) is 13.9. The van der Waals surface area contributed by atoms with Crippen molar-refractivity contribution >= 4 is 0 Å². The summed E-state index contributed by atoms with van der Waals surface area (Å²) in [7, 11) is 0. The average molecular weight is 268 g/mol. The van der Waals surface area contributed by atoms with Crippen LogP contribution in [0.5, 0.6) is 0 Å². The molecule has 1 aromatic rings. The van der Waals surface area contributed by atoms with E-state index in [2.05, 4.69) is 43.3 Å². The lowest BCUT2D eigenvalue weighted by molar-refractivity contribution is 0.193. The molecular weight excluding hydrogens is 240 g/mol. The summed E-state index contributed by atoms with van der Waals surface area (Å²) in [5.74, 6) is 2.96. The van der Waals surface area contributed by atoms with E-state index in [1.165, 1.54) is 56.9 Å². The molecular formula is C20H28. The molecule has 2 aliphatic rings. The van der Waals surface area contributed by atoms with Gasteiger partial charge in [-0.1, -0.05) is 42.0 Å². The van der Waals surface area contributed by atoms with Crippen LogP contribution in [0.3, 0.4) is 0 Å². The van der Waals surface area contributed by atoms with Crippen molar-refractivity contribution in [3.63, 3.8) is 0 Å². The van der Waals surface area contributed by atoms with Gasteiger partial charge in [0, 0.05) is 0 Å². The molecule has 0 spiro atoms. The highest BCUT2D eigenvalue weighted by molar-refractivity contribution is 5.21. The fraction of sp³-hybridized carbons (Fsp3) is 0.600. The zero-order valence-electron chi connectivity index (χ0n) is 12.9. The minimum atomic E-state index is 0.938. The Bertz CT molecular complexity index is 432. The molecule has 0 saturated heterocycles. The van der Waals surface area contributed by atoms with Crippen molar-refractivity contribution in [1.82, 2.24) is 0 Å². The summed E-state index contributed by atoms with van der Waals surface area (Å²) in [6.07, 6.45) is 16.1. The van der Waals surface area contributed by atoms with E-state index in [1.54, 1.807) is 5.56 Å². The Labute approximate surface area is 124 Å². The van der Waals surface area contributed by atoms with Gasteiger partial charge in [0.2, 0.25) is 0 Å². The zero-order chi connectivity index (χ0) is 13.8. The molecule has 0 radical (unpaired) electrons. The number of hydrogen-bond donors (Lipinski definition) is 0. The number of hydrogen-bond acceptors (Lipinski definition) is 0. The second-order valence-electron chi connectivity index (χ2n) is 7.02. The molecule has 2 aliphatic carbocycles. The van der Waals surface area contributed by atoms with Crippen LogP contribution in [0.2, 0.25) is 0 Å². The van der Waals surface area contributed by atoms with Gasteiger partial charge in [-0.15, -0.1) is 0 Å². The highest BCUT2D eigenvalue weighted by Gasteiger charge is 2.27. The quantitative estimate of drug-likeness (QED) is 0.617. The second kappa shape index (κ2) is 6.61. The van der Waals surface area contributed by atoms with Gasteiger partial charge in [0.1, 0.15) is 0 Å². The molecule has 0 bridgehead atoms. The maximum atomic E-state index is 2.42. The van der Waals surface area contributed by atoms with E-state index in [0.717, 1.165) is 17.8 Å². The third-order valence-corrected chi connectivity index (χ3v) is 5.51. The summed E-state index contributed by atoms with van der Waals surface area (Å²) in [4.78, 5) is 0. The van der Waals surface area contributed by atoms with Gasteiger partial charge in [0.05, 0.1) is 0 Å². The maximum Gasteiger partial charge on any atom is -0.0250 e. The summed E-state index contributed by atoms with van der Waals surface area (Å²) in [5, 5.41) is 0. The summed E-state index contributed by atoms with van der Waals surface area (Å²) < 4.78 is 0. The Morgan fingerprint density at radius 1 is 0.850 bits per heavy atom. The smallest absolute Gasteiger partial charge is 0.0250 e. The van der Waals surface area contributed by atoms with Crippen LogP contribution >= 0.6 is 0 Å². The molecule has 0 aliphatic heterocycles. The van der Waals surface area contributed by atoms with E-state index in [-0.39, 0.29) is 0 Å². The molecule has 0 nitrogen and oxygen atoms in total. The molecule has 0 heterocycles. The van der Waals surface area contributed by atoms with Crippen LogP contribution < -0.4 is 0 Å². The Morgan fingerprint density at radius 2 is 1.60 bits per heavy atom. The number of rotatable bonds is 3. The number of aryl methyl sites for hydroxylation is 1. The predicted molar refractivity (Wildman–Crippen MR) is 86.8 cm³/mol. The van der Waals surface area contributed by atoms with Gasteiger partial charge in [-0.05, 0) is 81.6 Å². The van der Waals surface area contributed by atoms with E-state index in [9.17, 15) is 0 Å². The Morgan fingerprint density at radius 3 is 2.25 bits per heavy atom. The van der Waals surface area contributed by atoms with Gasteiger partial charge in [-0.3, -0.25) is 0 Å². The van der Waals surface area contributed by atoms with Crippen molar-refractivity contribution < 1.29 is 0 Å². The zero-order valence-corrected chi connectivity index (χ0v) is 12.9. The van der Waals surface area contributed by atoms with Crippen molar-refractivity contribution in [2.24, 2.45) is 17.8 Å².